The quantitative estimate of drug-likeness (QED) is 0.376. The second-order valence-corrected chi connectivity index (χ2v) is 3.24. The van der Waals surface area contributed by atoms with E-state index in [-0.39, 0.29) is 0 Å². The Labute approximate surface area is 72.1 Å². The second-order valence-electron chi connectivity index (χ2n) is 3.24. The van der Waals surface area contributed by atoms with Crippen LogP contribution in [0.25, 0.3) is 0 Å². The monoisotopic (exact) mass is 160 g/mol. The van der Waals surface area contributed by atoms with Gasteiger partial charge in [-0.05, 0) is 24.0 Å². The van der Waals surface area contributed by atoms with Crippen molar-refractivity contribution in [2.75, 3.05) is 0 Å². The van der Waals surface area contributed by atoms with Gasteiger partial charge in [-0.15, -0.1) is 0 Å². The molecule has 0 bridgehead atoms. The van der Waals surface area contributed by atoms with E-state index in [4.69, 9.17) is 5.84 Å². The third-order valence-corrected chi connectivity index (χ3v) is 2.38. The highest BCUT2D eigenvalue weighted by atomic mass is 15.1. The van der Waals surface area contributed by atoms with Crippen LogP contribution in [0.2, 0.25) is 0 Å². The number of hydrogen-bond donors (Lipinski definition) is 1. The van der Waals surface area contributed by atoms with Gasteiger partial charge >= 0.3 is 0 Å². The van der Waals surface area contributed by atoms with Crippen LogP contribution >= 0.6 is 0 Å². The Morgan fingerprint density at radius 2 is 1.83 bits per heavy atom. The molecule has 0 aromatic heterocycles. The lowest BCUT2D eigenvalue weighted by Crippen LogP contribution is -2.02. The molecule has 0 atom stereocenters. The van der Waals surface area contributed by atoms with Crippen molar-refractivity contribution in [2.45, 2.75) is 12.8 Å². The summed E-state index contributed by atoms with van der Waals surface area (Å²) in [5.74, 6) is 5.63. The smallest absolute Gasteiger partial charge is 0.0277 e. The van der Waals surface area contributed by atoms with Gasteiger partial charge in [-0.2, -0.15) is 5.10 Å². The van der Waals surface area contributed by atoms with E-state index >= 15 is 0 Å². The third-order valence-electron chi connectivity index (χ3n) is 2.38. The van der Waals surface area contributed by atoms with Crippen LogP contribution in [0.1, 0.15) is 11.1 Å². The minimum atomic E-state index is 0.521. The average Bonchev–Trinajstić information content (AvgIpc) is 2.47. The number of benzene rings is 1. The van der Waals surface area contributed by atoms with Crippen molar-refractivity contribution in [3.63, 3.8) is 0 Å². The summed E-state index contributed by atoms with van der Waals surface area (Å²) in [7, 11) is 0. The minimum absolute atomic E-state index is 0.521. The second kappa shape index (κ2) is 2.97. The molecule has 62 valence electrons. The van der Waals surface area contributed by atoms with Gasteiger partial charge < -0.3 is 5.84 Å². The van der Waals surface area contributed by atoms with Crippen LogP contribution in [-0.2, 0) is 12.8 Å². The lowest BCUT2D eigenvalue weighted by Gasteiger charge is -1.96. The Kier molecular flexibility index (Phi) is 1.82. The maximum atomic E-state index is 5.11. The highest BCUT2D eigenvalue weighted by Gasteiger charge is 2.18. The summed E-state index contributed by atoms with van der Waals surface area (Å²) in [6.07, 6.45) is 4.04. The van der Waals surface area contributed by atoms with E-state index in [1.54, 1.807) is 0 Å². The van der Waals surface area contributed by atoms with Gasteiger partial charge in [0.2, 0.25) is 0 Å². The molecule has 2 nitrogen and oxygen atoms in total. The first-order valence-corrected chi connectivity index (χ1v) is 4.20. The molecule has 1 aromatic rings. The number of fused-ring (bicyclic) bond motifs is 1. The first-order valence-electron chi connectivity index (χ1n) is 4.20. The predicted molar refractivity (Wildman–Crippen MR) is 50.0 cm³/mol. The van der Waals surface area contributed by atoms with E-state index in [1.807, 2.05) is 6.21 Å². The molecule has 2 heteroatoms. The Hall–Kier alpha value is -1.31. The number of rotatable bonds is 1. The molecule has 1 aliphatic rings. The largest absolute Gasteiger partial charge is 0.324 e. The van der Waals surface area contributed by atoms with Crippen molar-refractivity contribution >= 4 is 6.21 Å². The molecule has 0 saturated carbocycles. The first kappa shape index (κ1) is 7.35. The Bertz CT molecular complexity index is 279. The van der Waals surface area contributed by atoms with Crippen LogP contribution in [0.3, 0.4) is 0 Å². The molecule has 0 heterocycles. The number of hydrogen-bond acceptors (Lipinski definition) is 2. The number of nitrogens with two attached hydrogens (primary N) is 1. The maximum absolute atomic E-state index is 5.11. The molecule has 12 heavy (non-hydrogen) atoms. The average molecular weight is 160 g/mol. The van der Waals surface area contributed by atoms with Gasteiger partial charge in [0.1, 0.15) is 0 Å². The Balaban J connectivity index is 2.22. The minimum Gasteiger partial charge on any atom is -0.324 e. The van der Waals surface area contributed by atoms with Crippen LogP contribution in [0.5, 0.6) is 0 Å². The normalized spacial score (nSPS) is 17.0. The van der Waals surface area contributed by atoms with Crippen molar-refractivity contribution in [1.82, 2.24) is 0 Å². The number of hydrazone groups is 1. The summed E-state index contributed by atoms with van der Waals surface area (Å²) in [4.78, 5) is 0. The molecule has 0 aliphatic heterocycles. The van der Waals surface area contributed by atoms with Gasteiger partial charge in [0.05, 0.1) is 0 Å². The van der Waals surface area contributed by atoms with Crippen LogP contribution in [0.15, 0.2) is 29.4 Å². The SMILES string of the molecule is N/N=C/C1Cc2ccccc2C1. The molecule has 1 aromatic carbocycles. The highest BCUT2D eigenvalue weighted by molar-refractivity contribution is 5.63. The molecule has 0 saturated heterocycles. The lowest BCUT2D eigenvalue weighted by molar-refractivity contribution is 0.762. The fourth-order valence-corrected chi connectivity index (χ4v) is 1.82. The molecular formula is C10H12N2. The topological polar surface area (TPSA) is 38.4 Å². The summed E-state index contributed by atoms with van der Waals surface area (Å²) >= 11 is 0. The van der Waals surface area contributed by atoms with Crippen LogP contribution in [0.4, 0.5) is 0 Å². The van der Waals surface area contributed by atoms with Gasteiger partial charge in [0, 0.05) is 12.1 Å². The van der Waals surface area contributed by atoms with E-state index in [2.05, 4.69) is 29.4 Å². The molecule has 0 unspecified atom stereocenters. The zero-order valence-electron chi connectivity index (χ0n) is 6.90. The van der Waals surface area contributed by atoms with Gasteiger partial charge in [-0.3, -0.25) is 0 Å². The molecule has 0 amide bonds. The molecule has 2 N–H and O–H groups in total. The molecule has 2 rings (SSSR count). The van der Waals surface area contributed by atoms with Crippen molar-refractivity contribution in [3.05, 3.63) is 35.4 Å². The fourth-order valence-electron chi connectivity index (χ4n) is 1.82. The third kappa shape index (κ3) is 1.20. The molecule has 0 fully saturated rings. The van der Waals surface area contributed by atoms with Crippen LogP contribution in [-0.4, -0.2) is 6.21 Å². The van der Waals surface area contributed by atoms with Crippen molar-refractivity contribution < 1.29 is 0 Å². The first-order chi connectivity index (χ1) is 5.90. The molecular weight excluding hydrogens is 148 g/mol. The Morgan fingerprint density at radius 1 is 1.25 bits per heavy atom. The van der Waals surface area contributed by atoms with Crippen molar-refractivity contribution in [3.8, 4) is 0 Å². The van der Waals surface area contributed by atoms with Crippen molar-refractivity contribution in [1.29, 1.82) is 0 Å². The van der Waals surface area contributed by atoms with Crippen LogP contribution in [0, 0.1) is 5.92 Å². The Morgan fingerprint density at radius 3 is 2.33 bits per heavy atom. The molecule has 0 spiro atoms. The standard InChI is InChI=1S/C10H12N2/c11-12-7-8-5-9-3-1-2-4-10(9)6-8/h1-4,7-8H,5-6,11H2/b12-7+. The van der Waals surface area contributed by atoms with E-state index in [9.17, 15) is 0 Å². The van der Waals surface area contributed by atoms with Crippen molar-refractivity contribution in [2.24, 2.45) is 16.9 Å². The predicted octanol–water partition coefficient (Wildman–Crippen LogP) is 1.35. The zero-order chi connectivity index (χ0) is 8.39. The van der Waals surface area contributed by atoms with Gasteiger partial charge in [-0.25, -0.2) is 0 Å². The zero-order valence-corrected chi connectivity index (χ0v) is 6.90. The van der Waals surface area contributed by atoms with E-state index in [1.165, 1.54) is 11.1 Å². The van der Waals surface area contributed by atoms with Gasteiger partial charge in [0.15, 0.2) is 0 Å². The fraction of sp³-hybridized carbons (Fsp3) is 0.300. The van der Waals surface area contributed by atoms with E-state index < -0.39 is 0 Å². The van der Waals surface area contributed by atoms with E-state index in [0.29, 0.717) is 5.92 Å². The highest BCUT2D eigenvalue weighted by Crippen LogP contribution is 2.24. The van der Waals surface area contributed by atoms with Gasteiger partial charge in [-0.1, -0.05) is 24.3 Å². The summed E-state index contributed by atoms with van der Waals surface area (Å²) in [5.41, 5.74) is 2.89. The van der Waals surface area contributed by atoms with Gasteiger partial charge in [0.25, 0.3) is 0 Å². The summed E-state index contributed by atoms with van der Waals surface area (Å²) in [6, 6.07) is 8.53. The lowest BCUT2D eigenvalue weighted by atomic mass is 10.1. The summed E-state index contributed by atoms with van der Waals surface area (Å²) < 4.78 is 0. The molecule has 0 radical (unpaired) electrons. The number of nitrogens with zero attached hydrogens (tertiary/aromatic N) is 1. The maximum Gasteiger partial charge on any atom is 0.0277 e. The summed E-state index contributed by atoms with van der Waals surface area (Å²) in [5, 5.41) is 3.58. The van der Waals surface area contributed by atoms with Crippen LogP contribution < -0.4 is 5.84 Å². The van der Waals surface area contributed by atoms with E-state index in [0.717, 1.165) is 12.8 Å². The summed E-state index contributed by atoms with van der Waals surface area (Å²) in [6.45, 7) is 0. The molecule has 1 aliphatic carbocycles.